The number of amides is 2. The zero-order valence-electron chi connectivity index (χ0n) is 16.9. The van der Waals surface area contributed by atoms with Crippen molar-refractivity contribution < 1.29 is 18.0 Å². The first kappa shape index (κ1) is 23.9. The van der Waals surface area contributed by atoms with Gasteiger partial charge in [0.25, 0.3) is 5.91 Å². The van der Waals surface area contributed by atoms with Gasteiger partial charge in [0.15, 0.2) is 0 Å². The zero-order valence-corrected chi connectivity index (χ0v) is 18.5. The van der Waals surface area contributed by atoms with E-state index in [1.165, 1.54) is 12.1 Å². The average molecular weight is 452 g/mol. The molecule has 4 N–H and O–H groups in total. The molecule has 0 fully saturated rings. The van der Waals surface area contributed by atoms with Crippen LogP contribution in [0.5, 0.6) is 0 Å². The lowest BCUT2D eigenvalue weighted by atomic mass is 10.0. The van der Waals surface area contributed by atoms with E-state index < -0.39 is 16.1 Å². The van der Waals surface area contributed by atoms with E-state index in [0.29, 0.717) is 30.0 Å². The van der Waals surface area contributed by atoms with Gasteiger partial charge in [-0.2, -0.15) is 0 Å². The van der Waals surface area contributed by atoms with E-state index in [-0.39, 0.29) is 22.6 Å². The molecule has 30 heavy (non-hydrogen) atoms. The van der Waals surface area contributed by atoms with Crippen molar-refractivity contribution in [2.24, 2.45) is 11.1 Å². The molecule has 7 nitrogen and oxygen atoms in total. The summed E-state index contributed by atoms with van der Waals surface area (Å²) in [4.78, 5) is 25.1. The van der Waals surface area contributed by atoms with E-state index in [1.54, 1.807) is 36.4 Å². The Labute approximate surface area is 182 Å². The molecular weight excluding hydrogens is 426 g/mol. The summed E-state index contributed by atoms with van der Waals surface area (Å²) in [6, 6.07) is 11.9. The minimum absolute atomic E-state index is 0.0391. The first-order chi connectivity index (χ1) is 14.1. The molecule has 0 saturated heterocycles. The predicted molar refractivity (Wildman–Crippen MR) is 117 cm³/mol. The molecule has 2 rings (SSSR count). The van der Waals surface area contributed by atoms with Gasteiger partial charge in [-0.3, -0.25) is 9.59 Å². The Hall–Kier alpha value is -2.42. The Balaban J connectivity index is 1.94. The Morgan fingerprint density at radius 1 is 1.03 bits per heavy atom. The Morgan fingerprint density at radius 2 is 1.63 bits per heavy atom. The van der Waals surface area contributed by atoms with Crippen LogP contribution >= 0.6 is 11.6 Å². The summed E-state index contributed by atoms with van der Waals surface area (Å²) in [6.45, 7) is 4.29. The number of sulfonamides is 1. The van der Waals surface area contributed by atoms with Crippen molar-refractivity contribution in [2.75, 3.05) is 6.54 Å². The van der Waals surface area contributed by atoms with Gasteiger partial charge in [0.1, 0.15) is 6.04 Å². The number of nitrogens with one attached hydrogen (secondary N) is 2. The van der Waals surface area contributed by atoms with Crippen LogP contribution in [0.4, 0.5) is 0 Å². The summed E-state index contributed by atoms with van der Waals surface area (Å²) >= 11 is 5.85. The van der Waals surface area contributed by atoms with Crippen molar-refractivity contribution in [2.45, 2.75) is 37.6 Å². The normalized spacial score (nSPS) is 12.4. The highest BCUT2D eigenvalue weighted by Crippen LogP contribution is 2.12. The Morgan fingerprint density at radius 3 is 2.17 bits per heavy atom. The molecule has 1 atom stereocenters. The van der Waals surface area contributed by atoms with Crippen molar-refractivity contribution in [3.8, 4) is 0 Å². The monoisotopic (exact) mass is 451 g/mol. The largest absolute Gasteiger partial charge is 0.354 e. The molecule has 0 aliphatic rings. The molecule has 2 amide bonds. The number of rotatable bonds is 9. The van der Waals surface area contributed by atoms with E-state index in [4.69, 9.17) is 16.7 Å². The van der Waals surface area contributed by atoms with Gasteiger partial charge in [-0.05, 0) is 60.7 Å². The topological polar surface area (TPSA) is 118 Å². The van der Waals surface area contributed by atoms with Crippen LogP contribution in [-0.2, 0) is 21.2 Å². The molecule has 0 radical (unpaired) electrons. The fourth-order valence-electron chi connectivity index (χ4n) is 2.84. The van der Waals surface area contributed by atoms with E-state index in [1.807, 2.05) is 13.8 Å². The van der Waals surface area contributed by atoms with Gasteiger partial charge in [-0.1, -0.05) is 37.6 Å². The van der Waals surface area contributed by atoms with Gasteiger partial charge < -0.3 is 10.6 Å². The number of carbonyl (C=O) groups is 2. The fraction of sp³-hybridized carbons (Fsp3) is 0.333. The molecule has 1 unspecified atom stereocenters. The molecule has 0 aliphatic carbocycles. The first-order valence-electron chi connectivity index (χ1n) is 9.52. The van der Waals surface area contributed by atoms with Crippen LogP contribution in [0.1, 0.15) is 36.2 Å². The minimum atomic E-state index is -3.73. The van der Waals surface area contributed by atoms with Crippen molar-refractivity contribution >= 4 is 33.4 Å². The summed E-state index contributed by atoms with van der Waals surface area (Å²) < 4.78 is 22.6. The quantitative estimate of drug-likeness (QED) is 0.542. The number of carbonyl (C=O) groups excluding carboxylic acids is 2. The summed E-state index contributed by atoms with van der Waals surface area (Å²) in [6.07, 6.45) is 1.00. The van der Waals surface area contributed by atoms with Gasteiger partial charge in [-0.15, -0.1) is 0 Å². The van der Waals surface area contributed by atoms with Gasteiger partial charge in [-0.25, -0.2) is 13.6 Å². The van der Waals surface area contributed by atoms with Gasteiger partial charge in [0.05, 0.1) is 4.90 Å². The molecule has 2 aromatic carbocycles. The lowest BCUT2D eigenvalue weighted by Gasteiger charge is -2.20. The first-order valence-corrected chi connectivity index (χ1v) is 11.4. The van der Waals surface area contributed by atoms with Gasteiger partial charge in [0, 0.05) is 17.1 Å². The Bertz CT molecular complexity index is 974. The molecule has 0 aliphatic heterocycles. The number of nitrogens with two attached hydrogens (primary N) is 1. The van der Waals surface area contributed by atoms with E-state index in [0.717, 1.165) is 5.56 Å². The highest BCUT2D eigenvalue weighted by Gasteiger charge is 2.22. The third-order valence-electron chi connectivity index (χ3n) is 4.40. The van der Waals surface area contributed by atoms with E-state index in [9.17, 15) is 18.0 Å². The lowest BCUT2D eigenvalue weighted by Crippen LogP contribution is -2.47. The van der Waals surface area contributed by atoms with Crippen molar-refractivity contribution in [1.82, 2.24) is 10.6 Å². The second-order valence-corrected chi connectivity index (χ2v) is 9.39. The van der Waals surface area contributed by atoms with Crippen molar-refractivity contribution in [3.05, 3.63) is 64.7 Å². The molecule has 0 heterocycles. The second kappa shape index (κ2) is 10.6. The zero-order chi connectivity index (χ0) is 22.3. The van der Waals surface area contributed by atoms with Crippen molar-refractivity contribution in [3.63, 3.8) is 0 Å². The lowest BCUT2D eigenvalue weighted by molar-refractivity contribution is -0.123. The summed E-state index contributed by atoms with van der Waals surface area (Å²) in [7, 11) is -3.73. The molecule has 2 aromatic rings. The van der Waals surface area contributed by atoms with Crippen LogP contribution in [0.25, 0.3) is 0 Å². The molecule has 0 saturated carbocycles. The highest BCUT2D eigenvalue weighted by atomic mass is 35.5. The Kier molecular flexibility index (Phi) is 8.40. The number of benzene rings is 2. The molecule has 162 valence electrons. The van der Waals surface area contributed by atoms with Crippen LogP contribution in [0, 0.1) is 5.92 Å². The van der Waals surface area contributed by atoms with E-state index >= 15 is 0 Å². The highest BCUT2D eigenvalue weighted by molar-refractivity contribution is 7.89. The van der Waals surface area contributed by atoms with Crippen LogP contribution in [0.2, 0.25) is 5.02 Å². The predicted octanol–water partition coefficient (Wildman–Crippen LogP) is 2.49. The van der Waals surface area contributed by atoms with Crippen LogP contribution in [0.3, 0.4) is 0 Å². The average Bonchev–Trinajstić information content (AvgIpc) is 2.67. The SMILES string of the molecule is CC(C)CC(NC(=O)c1ccc(Cl)cc1)C(=O)NCCc1ccc(S(N)(=O)=O)cc1. The third kappa shape index (κ3) is 7.44. The summed E-state index contributed by atoms with van der Waals surface area (Å²) in [5.74, 6) is -0.407. The van der Waals surface area contributed by atoms with Crippen LogP contribution in [-0.4, -0.2) is 32.8 Å². The standard InChI is InChI=1S/C21H26ClN3O4S/c1-14(2)13-19(25-20(26)16-5-7-17(22)8-6-16)21(27)24-12-11-15-3-9-18(10-4-15)30(23,28)29/h3-10,14,19H,11-13H2,1-2H3,(H,24,27)(H,25,26)(H2,23,28,29). The van der Waals surface area contributed by atoms with Gasteiger partial charge in [0.2, 0.25) is 15.9 Å². The molecule has 0 spiro atoms. The van der Waals surface area contributed by atoms with Gasteiger partial charge >= 0.3 is 0 Å². The van der Waals surface area contributed by atoms with E-state index in [2.05, 4.69) is 10.6 Å². The molecule has 9 heteroatoms. The maximum absolute atomic E-state index is 12.6. The molecular formula is C21H26ClN3O4S. The number of hydrogen-bond acceptors (Lipinski definition) is 4. The second-order valence-electron chi connectivity index (χ2n) is 7.39. The number of halogens is 1. The van der Waals surface area contributed by atoms with Crippen LogP contribution < -0.4 is 15.8 Å². The fourth-order valence-corrected chi connectivity index (χ4v) is 3.49. The number of primary sulfonamides is 1. The molecule has 0 bridgehead atoms. The maximum atomic E-state index is 12.6. The number of hydrogen-bond donors (Lipinski definition) is 3. The van der Waals surface area contributed by atoms with Crippen molar-refractivity contribution in [1.29, 1.82) is 0 Å². The third-order valence-corrected chi connectivity index (χ3v) is 5.58. The summed E-state index contributed by atoms with van der Waals surface area (Å²) in [5.41, 5.74) is 1.28. The minimum Gasteiger partial charge on any atom is -0.354 e. The molecule has 0 aromatic heterocycles. The van der Waals surface area contributed by atoms with Crippen LogP contribution in [0.15, 0.2) is 53.4 Å². The maximum Gasteiger partial charge on any atom is 0.251 e. The summed E-state index contributed by atoms with van der Waals surface area (Å²) in [5, 5.41) is 11.2. The smallest absolute Gasteiger partial charge is 0.251 e.